The lowest BCUT2D eigenvalue weighted by Crippen LogP contribution is -2.01. The van der Waals surface area contributed by atoms with Crippen molar-refractivity contribution in [2.45, 2.75) is 19.3 Å². The summed E-state index contributed by atoms with van der Waals surface area (Å²) in [6.45, 7) is 0. The lowest BCUT2D eigenvalue weighted by Gasteiger charge is -2.11. The third-order valence-electron chi connectivity index (χ3n) is 3.63. The van der Waals surface area contributed by atoms with Crippen molar-refractivity contribution >= 4 is 34.8 Å². The van der Waals surface area contributed by atoms with E-state index in [0.29, 0.717) is 29.3 Å². The summed E-state index contributed by atoms with van der Waals surface area (Å²) in [4.78, 5) is 0. The van der Waals surface area contributed by atoms with E-state index in [9.17, 15) is 0 Å². The molecule has 0 heterocycles. The normalized spacial score (nSPS) is 14.0. The number of nitrogens with one attached hydrogen (secondary N) is 3. The van der Waals surface area contributed by atoms with Gasteiger partial charge in [0.2, 0.25) is 0 Å². The summed E-state index contributed by atoms with van der Waals surface area (Å²) in [6, 6.07) is 7.65. The Morgan fingerprint density at radius 3 is 2.75 bits per heavy atom. The molecule has 0 bridgehead atoms. The number of allylic oxidation sites excluding steroid dienone is 8. The zero-order valence-corrected chi connectivity index (χ0v) is 14.1. The second kappa shape index (κ2) is 8.94. The summed E-state index contributed by atoms with van der Waals surface area (Å²) in [5, 5.41) is 23.9. The average molecular weight is 338 g/mol. The summed E-state index contributed by atoms with van der Waals surface area (Å²) in [7, 11) is 0. The molecule has 1 aliphatic rings. The van der Waals surface area contributed by atoms with Crippen LogP contribution in [0.4, 0.5) is 0 Å². The Kier molecular flexibility index (Phi) is 6.64. The van der Waals surface area contributed by atoms with E-state index in [0.717, 1.165) is 23.1 Å². The van der Waals surface area contributed by atoms with Crippen LogP contribution in [0.25, 0.3) is 5.57 Å². The van der Waals surface area contributed by atoms with Gasteiger partial charge in [0.25, 0.3) is 0 Å². The Bertz CT molecular complexity index is 767. The topological polar surface area (TPSA) is 71.6 Å². The van der Waals surface area contributed by atoms with Crippen LogP contribution >= 0.6 is 11.6 Å². The van der Waals surface area contributed by atoms with Gasteiger partial charge in [0.15, 0.2) is 0 Å². The van der Waals surface area contributed by atoms with Crippen molar-refractivity contribution in [3.8, 4) is 0 Å². The van der Waals surface area contributed by atoms with Crippen LogP contribution in [0.2, 0.25) is 5.02 Å². The van der Waals surface area contributed by atoms with E-state index < -0.39 is 0 Å². The first kappa shape index (κ1) is 17.8. The van der Waals surface area contributed by atoms with E-state index in [-0.39, 0.29) is 0 Å². The largest absolute Gasteiger partial charge is 0.313 e. The highest BCUT2D eigenvalue weighted by molar-refractivity contribution is 6.30. The molecule has 0 saturated carbocycles. The smallest absolute Gasteiger partial charge is 0.0615 e. The number of benzene rings is 1. The SMILES string of the molecule is N=CCCC(=N)/C=C\C(=N)C1=C(c2cccc(Cl)c2)CC=CC=C1. The van der Waals surface area contributed by atoms with Crippen molar-refractivity contribution in [2.24, 2.45) is 0 Å². The lowest BCUT2D eigenvalue weighted by atomic mass is 9.94. The maximum atomic E-state index is 8.39. The fourth-order valence-corrected chi connectivity index (χ4v) is 2.60. The fourth-order valence-electron chi connectivity index (χ4n) is 2.41. The second-order valence-electron chi connectivity index (χ2n) is 5.41. The van der Waals surface area contributed by atoms with Crippen molar-refractivity contribution in [1.82, 2.24) is 0 Å². The summed E-state index contributed by atoms with van der Waals surface area (Å²) >= 11 is 6.11. The maximum absolute atomic E-state index is 8.39. The third kappa shape index (κ3) is 5.00. The van der Waals surface area contributed by atoms with Crippen LogP contribution < -0.4 is 0 Å². The highest BCUT2D eigenvalue weighted by Crippen LogP contribution is 2.28. The van der Waals surface area contributed by atoms with Gasteiger partial charge in [0.05, 0.1) is 5.71 Å². The minimum atomic E-state index is 0.365. The molecule has 3 nitrogen and oxygen atoms in total. The van der Waals surface area contributed by atoms with Gasteiger partial charge < -0.3 is 16.2 Å². The molecule has 0 aromatic heterocycles. The molecular weight excluding hydrogens is 318 g/mol. The summed E-state index contributed by atoms with van der Waals surface area (Å²) in [5.74, 6) is 0. The van der Waals surface area contributed by atoms with Gasteiger partial charge in [-0.1, -0.05) is 48.0 Å². The van der Waals surface area contributed by atoms with Crippen molar-refractivity contribution < 1.29 is 0 Å². The van der Waals surface area contributed by atoms with E-state index in [1.807, 2.05) is 42.5 Å². The highest BCUT2D eigenvalue weighted by Gasteiger charge is 2.11. The fraction of sp³-hybridized carbons (Fsp3) is 0.150. The van der Waals surface area contributed by atoms with Crippen molar-refractivity contribution in [2.75, 3.05) is 0 Å². The molecule has 0 atom stereocenters. The van der Waals surface area contributed by atoms with Crippen molar-refractivity contribution in [3.05, 3.63) is 76.9 Å². The number of hydrogen-bond donors (Lipinski definition) is 3. The molecule has 24 heavy (non-hydrogen) atoms. The predicted molar refractivity (Wildman–Crippen MR) is 104 cm³/mol. The van der Waals surface area contributed by atoms with E-state index in [1.165, 1.54) is 6.21 Å². The molecule has 0 amide bonds. The summed E-state index contributed by atoms with van der Waals surface area (Å²) in [6.07, 6.45) is 14.3. The highest BCUT2D eigenvalue weighted by atomic mass is 35.5. The van der Waals surface area contributed by atoms with Gasteiger partial charge in [0.1, 0.15) is 0 Å². The molecular formula is C20H20ClN3. The Morgan fingerprint density at radius 2 is 2.00 bits per heavy atom. The molecule has 0 saturated heterocycles. The zero-order valence-electron chi connectivity index (χ0n) is 13.4. The molecule has 3 N–H and O–H groups in total. The van der Waals surface area contributed by atoms with Crippen LogP contribution in [0, 0.1) is 16.2 Å². The van der Waals surface area contributed by atoms with E-state index >= 15 is 0 Å². The monoisotopic (exact) mass is 337 g/mol. The minimum absolute atomic E-state index is 0.365. The third-order valence-corrected chi connectivity index (χ3v) is 3.86. The van der Waals surface area contributed by atoms with Gasteiger partial charge in [-0.25, -0.2) is 0 Å². The Balaban J connectivity index is 2.31. The van der Waals surface area contributed by atoms with Crippen LogP contribution in [0.3, 0.4) is 0 Å². The first-order chi connectivity index (χ1) is 11.6. The first-order valence-corrected chi connectivity index (χ1v) is 8.15. The lowest BCUT2D eigenvalue weighted by molar-refractivity contribution is 1.14. The Morgan fingerprint density at radius 1 is 1.17 bits per heavy atom. The van der Waals surface area contributed by atoms with Gasteiger partial charge in [0, 0.05) is 16.3 Å². The van der Waals surface area contributed by atoms with Crippen LogP contribution in [0.1, 0.15) is 24.8 Å². The standard InChI is InChI=1S/C20H20ClN3/c21-16-7-4-6-15(14-16)18-9-2-1-3-10-19(18)20(24)12-11-17(23)8-5-13-22/h1-4,6-7,10-14,22-24H,5,8-9H2/b12-11-,22-13?,23-17?,24-20?. The van der Waals surface area contributed by atoms with Gasteiger partial charge in [-0.15, -0.1) is 0 Å². The van der Waals surface area contributed by atoms with Gasteiger partial charge in [-0.05, 0) is 60.9 Å². The zero-order chi connectivity index (χ0) is 17.4. The molecule has 122 valence electrons. The molecule has 0 unspecified atom stereocenters. The minimum Gasteiger partial charge on any atom is -0.313 e. The first-order valence-electron chi connectivity index (χ1n) is 7.77. The number of halogens is 1. The number of rotatable bonds is 7. The average Bonchev–Trinajstić information content (AvgIpc) is 2.83. The molecule has 0 fully saturated rings. The van der Waals surface area contributed by atoms with Crippen LogP contribution in [0.5, 0.6) is 0 Å². The molecule has 0 radical (unpaired) electrons. The van der Waals surface area contributed by atoms with E-state index in [2.05, 4.69) is 6.08 Å². The van der Waals surface area contributed by atoms with E-state index in [1.54, 1.807) is 12.2 Å². The van der Waals surface area contributed by atoms with Crippen molar-refractivity contribution in [1.29, 1.82) is 16.2 Å². The second-order valence-corrected chi connectivity index (χ2v) is 5.85. The molecule has 1 aromatic carbocycles. The van der Waals surface area contributed by atoms with E-state index in [4.69, 9.17) is 27.8 Å². The molecule has 0 spiro atoms. The van der Waals surface area contributed by atoms with Crippen LogP contribution in [-0.2, 0) is 0 Å². The van der Waals surface area contributed by atoms with Crippen molar-refractivity contribution in [3.63, 3.8) is 0 Å². The molecule has 1 aliphatic carbocycles. The molecule has 2 rings (SSSR count). The Labute approximate surface area is 147 Å². The Hall–Kier alpha value is -2.52. The summed E-state index contributed by atoms with van der Waals surface area (Å²) in [5.41, 5.74) is 3.67. The maximum Gasteiger partial charge on any atom is 0.0615 e. The van der Waals surface area contributed by atoms with Gasteiger partial charge in [-0.2, -0.15) is 0 Å². The molecule has 0 aliphatic heterocycles. The van der Waals surface area contributed by atoms with Crippen LogP contribution in [0.15, 0.2) is 66.3 Å². The summed E-state index contributed by atoms with van der Waals surface area (Å²) < 4.78 is 0. The van der Waals surface area contributed by atoms with Gasteiger partial charge >= 0.3 is 0 Å². The van der Waals surface area contributed by atoms with Gasteiger partial charge in [-0.3, -0.25) is 0 Å². The van der Waals surface area contributed by atoms with Crippen LogP contribution in [-0.4, -0.2) is 17.6 Å². The predicted octanol–water partition coefficient (Wildman–Crippen LogP) is 5.64. The quantitative estimate of drug-likeness (QED) is 0.539. The number of hydrogen-bond acceptors (Lipinski definition) is 3. The molecule has 4 heteroatoms. The molecule has 1 aromatic rings.